The fourth-order valence-electron chi connectivity index (χ4n) is 4.50. The van der Waals surface area contributed by atoms with Gasteiger partial charge in [-0.25, -0.2) is 4.90 Å². The number of ether oxygens (including phenoxy) is 1. The monoisotopic (exact) mass is 438 g/mol. The van der Waals surface area contributed by atoms with Crippen LogP contribution in [0.1, 0.15) is 30.5 Å². The number of amides is 2. The molecule has 2 heterocycles. The van der Waals surface area contributed by atoms with E-state index in [-0.39, 0.29) is 17.9 Å². The zero-order valence-corrected chi connectivity index (χ0v) is 19.0. The molecular formula is C28H26N2O3. The third-order valence-electron chi connectivity index (χ3n) is 6.02. The number of carbonyl (C=O) groups is 2. The lowest BCUT2D eigenvalue weighted by Crippen LogP contribution is -2.34. The predicted octanol–water partition coefficient (Wildman–Crippen LogP) is 5.13. The molecule has 33 heavy (non-hydrogen) atoms. The molecule has 0 saturated heterocycles. The van der Waals surface area contributed by atoms with E-state index in [0.717, 1.165) is 23.4 Å². The molecule has 0 N–H and O–H groups in total. The molecule has 0 radical (unpaired) electrons. The molecule has 166 valence electrons. The molecule has 2 amide bonds. The smallest absolute Gasteiger partial charge is 0.282 e. The highest BCUT2D eigenvalue weighted by Gasteiger charge is 2.44. The standard InChI is InChI=1S/C28H26N2O3/c1-18(2)33-23-14-10-21(11-15-23)25-26(29-17-16-20-6-4-5-7-24(20)29)28(32)30(27(25)31)22-12-8-19(3)9-13-22/h4-15,18H,16-17H2,1-3H3. The number of hydrogen-bond donors (Lipinski definition) is 0. The summed E-state index contributed by atoms with van der Waals surface area (Å²) in [6.07, 6.45) is 0.888. The summed E-state index contributed by atoms with van der Waals surface area (Å²) >= 11 is 0. The third-order valence-corrected chi connectivity index (χ3v) is 6.02. The van der Waals surface area contributed by atoms with E-state index in [1.54, 1.807) is 0 Å². The molecule has 2 aliphatic rings. The van der Waals surface area contributed by atoms with Crippen molar-refractivity contribution >= 4 is 28.8 Å². The SMILES string of the molecule is Cc1ccc(N2C(=O)C(c3ccc(OC(C)C)cc3)=C(N3CCc4ccccc43)C2=O)cc1. The van der Waals surface area contributed by atoms with Crippen LogP contribution in [0.2, 0.25) is 0 Å². The van der Waals surface area contributed by atoms with Gasteiger partial charge in [0, 0.05) is 12.2 Å². The number of rotatable bonds is 5. The summed E-state index contributed by atoms with van der Waals surface area (Å²) in [5.41, 5.74) is 5.38. The topological polar surface area (TPSA) is 49.9 Å². The van der Waals surface area contributed by atoms with Crippen LogP contribution in [0.15, 0.2) is 78.5 Å². The van der Waals surface area contributed by atoms with Crippen molar-refractivity contribution in [2.24, 2.45) is 0 Å². The van der Waals surface area contributed by atoms with E-state index in [9.17, 15) is 9.59 Å². The van der Waals surface area contributed by atoms with Gasteiger partial charge in [-0.05, 0) is 68.7 Å². The highest BCUT2D eigenvalue weighted by molar-refractivity contribution is 6.46. The molecule has 0 aliphatic carbocycles. The zero-order valence-electron chi connectivity index (χ0n) is 19.0. The lowest BCUT2D eigenvalue weighted by molar-refractivity contribution is -0.120. The first-order valence-corrected chi connectivity index (χ1v) is 11.3. The maximum Gasteiger partial charge on any atom is 0.282 e. The molecular weight excluding hydrogens is 412 g/mol. The molecule has 0 saturated carbocycles. The molecule has 0 spiro atoms. The van der Waals surface area contributed by atoms with Gasteiger partial charge >= 0.3 is 0 Å². The Hall–Kier alpha value is -3.86. The normalized spacial score (nSPS) is 15.6. The van der Waals surface area contributed by atoms with Gasteiger partial charge in [0.15, 0.2) is 0 Å². The molecule has 3 aromatic rings. The first-order chi connectivity index (χ1) is 15.9. The quantitative estimate of drug-likeness (QED) is 0.518. The Morgan fingerprint density at radius 3 is 2.24 bits per heavy atom. The van der Waals surface area contributed by atoms with Crippen molar-refractivity contribution in [1.82, 2.24) is 0 Å². The number of benzene rings is 3. The maximum atomic E-state index is 13.8. The molecule has 2 aliphatic heterocycles. The van der Waals surface area contributed by atoms with Gasteiger partial charge in [-0.3, -0.25) is 9.59 Å². The Bertz CT molecular complexity index is 1260. The molecule has 5 nitrogen and oxygen atoms in total. The summed E-state index contributed by atoms with van der Waals surface area (Å²) in [6, 6.07) is 23.0. The summed E-state index contributed by atoms with van der Waals surface area (Å²) in [6.45, 7) is 6.58. The Labute approximate surface area is 193 Å². The van der Waals surface area contributed by atoms with Gasteiger partial charge in [0.1, 0.15) is 11.4 Å². The Balaban J connectivity index is 1.63. The minimum atomic E-state index is -0.305. The van der Waals surface area contributed by atoms with Crippen molar-refractivity contribution in [1.29, 1.82) is 0 Å². The van der Waals surface area contributed by atoms with Gasteiger partial charge in [-0.2, -0.15) is 0 Å². The summed E-state index contributed by atoms with van der Waals surface area (Å²) in [5, 5.41) is 0. The van der Waals surface area contributed by atoms with Crippen LogP contribution >= 0.6 is 0 Å². The Kier molecular flexibility index (Phi) is 5.25. The Morgan fingerprint density at radius 1 is 0.848 bits per heavy atom. The van der Waals surface area contributed by atoms with Crippen LogP contribution in [0.3, 0.4) is 0 Å². The van der Waals surface area contributed by atoms with E-state index in [0.29, 0.717) is 29.1 Å². The van der Waals surface area contributed by atoms with Gasteiger partial charge < -0.3 is 9.64 Å². The lowest BCUT2D eigenvalue weighted by Gasteiger charge is -2.22. The second-order valence-corrected chi connectivity index (χ2v) is 8.73. The van der Waals surface area contributed by atoms with Crippen LogP contribution < -0.4 is 14.5 Å². The fourth-order valence-corrected chi connectivity index (χ4v) is 4.50. The van der Waals surface area contributed by atoms with E-state index in [4.69, 9.17) is 4.74 Å². The second-order valence-electron chi connectivity index (χ2n) is 8.73. The number of carbonyl (C=O) groups excluding carboxylic acids is 2. The van der Waals surface area contributed by atoms with E-state index in [1.807, 2.05) is 92.4 Å². The van der Waals surface area contributed by atoms with Gasteiger partial charge in [0.25, 0.3) is 11.8 Å². The van der Waals surface area contributed by atoms with E-state index >= 15 is 0 Å². The van der Waals surface area contributed by atoms with Crippen molar-refractivity contribution in [3.63, 3.8) is 0 Å². The van der Waals surface area contributed by atoms with Crippen LogP contribution in [0.5, 0.6) is 5.75 Å². The second kappa shape index (κ2) is 8.24. The Morgan fingerprint density at radius 2 is 1.55 bits per heavy atom. The van der Waals surface area contributed by atoms with Crippen LogP contribution in [0.25, 0.3) is 5.57 Å². The largest absolute Gasteiger partial charge is 0.491 e. The van der Waals surface area contributed by atoms with Gasteiger partial charge in [-0.15, -0.1) is 0 Å². The van der Waals surface area contributed by atoms with Crippen molar-refractivity contribution in [3.05, 3.63) is 95.2 Å². The summed E-state index contributed by atoms with van der Waals surface area (Å²) in [5.74, 6) is 0.133. The number of hydrogen-bond acceptors (Lipinski definition) is 4. The number of anilines is 2. The van der Waals surface area contributed by atoms with Crippen molar-refractivity contribution in [2.45, 2.75) is 33.3 Å². The van der Waals surface area contributed by atoms with E-state index in [1.165, 1.54) is 10.5 Å². The van der Waals surface area contributed by atoms with E-state index < -0.39 is 0 Å². The molecule has 0 aromatic heterocycles. The number of aryl methyl sites for hydroxylation is 1. The van der Waals surface area contributed by atoms with Crippen LogP contribution in [-0.2, 0) is 16.0 Å². The van der Waals surface area contributed by atoms with Crippen molar-refractivity contribution in [3.8, 4) is 5.75 Å². The fraction of sp³-hybridized carbons (Fsp3) is 0.214. The molecule has 5 heteroatoms. The van der Waals surface area contributed by atoms with Gasteiger partial charge in [-0.1, -0.05) is 48.0 Å². The van der Waals surface area contributed by atoms with E-state index in [2.05, 4.69) is 6.07 Å². The molecule has 5 rings (SSSR count). The number of imide groups is 1. The summed E-state index contributed by atoms with van der Waals surface area (Å²) in [7, 11) is 0. The number of nitrogens with zero attached hydrogens (tertiary/aromatic N) is 2. The molecule has 0 bridgehead atoms. The number of fused-ring (bicyclic) bond motifs is 1. The molecule has 0 atom stereocenters. The highest BCUT2D eigenvalue weighted by atomic mass is 16.5. The van der Waals surface area contributed by atoms with Gasteiger partial charge in [0.2, 0.25) is 0 Å². The predicted molar refractivity (Wildman–Crippen MR) is 130 cm³/mol. The average Bonchev–Trinajstić information content (AvgIpc) is 3.33. The minimum absolute atomic E-state index is 0.0541. The van der Waals surface area contributed by atoms with Gasteiger partial charge in [0.05, 0.1) is 17.4 Å². The molecule has 3 aromatic carbocycles. The summed E-state index contributed by atoms with van der Waals surface area (Å²) in [4.78, 5) is 30.8. The molecule has 0 unspecified atom stereocenters. The average molecular weight is 439 g/mol. The zero-order chi connectivity index (χ0) is 23.1. The maximum absolute atomic E-state index is 13.8. The molecule has 0 fully saturated rings. The van der Waals surface area contributed by atoms with Crippen molar-refractivity contribution in [2.75, 3.05) is 16.3 Å². The third kappa shape index (κ3) is 3.69. The highest BCUT2D eigenvalue weighted by Crippen LogP contribution is 2.40. The first-order valence-electron chi connectivity index (χ1n) is 11.3. The number of para-hydroxylation sites is 1. The van der Waals surface area contributed by atoms with Crippen LogP contribution in [0, 0.1) is 6.92 Å². The van der Waals surface area contributed by atoms with Crippen molar-refractivity contribution < 1.29 is 14.3 Å². The summed E-state index contributed by atoms with van der Waals surface area (Å²) < 4.78 is 5.77. The minimum Gasteiger partial charge on any atom is -0.491 e. The first kappa shape index (κ1) is 21.0. The van der Waals surface area contributed by atoms with Crippen LogP contribution in [-0.4, -0.2) is 24.5 Å². The van der Waals surface area contributed by atoms with Crippen LogP contribution in [0.4, 0.5) is 11.4 Å². The lowest BCUT2D eigenvalue weighted by atomic mass is 10.0.